The van der Waals surface area contributed by atoms with Gasteiger partial charge in [-0.25, -0.2) is 4.98 Å². The first-order valence-electron chi connectivity index (χ1n) is 7.00. The van der Waals surface area contributed by atoms with Crippen LogP contribution >= 0.6 is 15.9 Å². The minimum absolute atomic E-state index is 0.808. The van der Waals surface area contributed by atoms with Crippen molar-refractivity contribution in [2.75, 3.05) is 44.2 Å². The van der Waals surface area contributed by atoms with Gasteiger partial charge in [-0.15, -0.1) is 0 Å². The smallest absolute Gasteiger partial charge is 0.128 e. The number of halogens is 1. The molecular formula is C14H23BrN4. The normalized spacial score (nSPS) is 16.9. The molecule has 4 nitrogen and oxygen atoms in total. The first kappa shape index (κ1) is 14.8. The highest BCUT2D eigenvalue weighted by molar-refractivity contribution is 9.10. The Labute approximate surface area is 124 Å². The number of anilines is 1. The van der Waals surface area contributed by atoms with Gasteiger partial charge in [-0.1, -0.05) is 0 Å². The van der Waals surface area contributed by atoms with Crippen molar-refractivity contribution in [3.05, 3.63) is 22.3 Å². The molecule has 0 amide bonds. The van der Waals surface area contributed by atoms with E-state index in [4.69, 9.17) is 5.73 Å². The highest BCUT2D eigenvalue weighted by Crippen LogP contribution is 2.21. The van der Waals surface area contributed by atoms with E-state index in [1.807, 2.05) is 6.20 Å². The van der Waals surface area contributed by atoms with Gasteiger partial charge in [0.25, 0.3) is 0 Å². The topological polar surface area (TPSA) is 45.4 Å². The fraction of sp³-hybridized carbons (Fsp3) is 0.643. The molecule has 0 saturated carbocycles. The second-order valence-electron chi connectivity index (χ2n) is 5.12. The van der Waals surface area contributed by atoms with E-state index < -0.39 is 0 Å². The zero-order valence-electron chi connectivity index (χ0n) is 11.6. The van der Waals surface area contributed by atoms with E-state index in [2.05, 4.69) is 43.7 Å². The molecule has 2 heterocycles. The van der Waals surface area contributed by atoms with E-state index in [0.717, 1.165) is 49.4 Å². The predicted octanol–water partition coefficient (Wildman–Crippen LogP) is 2.01. The molecule has 0 radical (unpaired) electrons. The third-order valence-corrected chi connectivity index (χ3v) is 4.49. The van der Waals surface area contributed by atoms with Crippen molar-refractivity contribution >= 4 is 21.7 Å². The number of hydrogen-bond acceptors (Lipinski definition) is 4. The van der Waals surface area contributed by atoms with Gasteiger partial charge in [0.1, 0.15) is 5.82 Å². The van der Waals surface area contributed by atoms with Crippen molar-refractivity contribution in [3.63, 3.8) is 0 Å². The van der Waals surface area contributed by atoms with Crippen LogP contribution in [0.2, 0.25) is 0 Å². The second kappa shape index (κ2) is 7.22. The van der Waals surface area contributed by atoms with E-state index in [1.165, 1.54) is 18.5 Å². The van der Waals surface area contributed by atoms with Crippen LogP contribution in [0.5, 0.6) is 0 Å². The summed E-state index contributed by atoms with van der Waals surface area (Å²) in [5.41, 5.74) is 6.78. The van der Waals surface area contributed by atoms with E-state index in [0.29, 0.717) is 0 Å². The van der Waals surface area contributed by atoms with Crippen LogP contribution in [0.1, 0.15) is 18.4 Å². The molecule has 19 heavy (non-hydrogen) atoms. The Morgan fingerprint density at radius 3 is 2.63 bits per heavy atom. The number of rotatable bonds is 5. The fourth-order valence-corrected chi connectivity index (χ4v) is 2.59. The summed E-state index contributed by atoms with van der Waals surface area (Å²) >= 11 is 3.50. The van der Waals surface area contributed by atoms with Crippen LogP contribution in [0, 0.1) is 6.92 Å². The molecule has 0 aliphatic carbocycles. The molecular weight excluding hydrogens is 304 g/mol. The number of hydrogen-bond donors (Lipinski definition) is 1. The van der Waals surface area contributed by atoms with E-state index in [9.17, 15) is 0 Å². The molecule has 0 spiro atoms. The molecule has 0 atom stereocenters. The van der Waals surface area contributed by atoms with Crippen LogP contribution in [0.3, 0.4) is 0 Å². The molecule has 1 fully saturated rings. The lowest BCUT2D eigenvalue weighted by molar-refractivity contribution is 0.253. The standard InChI is InChI=1S/C14H23BrN4/c1-12-10-14(17-11-13(12)15)19-8-6-18(7-9-19)5-3-2-4-16/h10-11H,2-9,16H2,1H3. The predicted molar refractivity (Wildman–Crippen MR) is 83.6 cm³/mol. The fourth-order valence-electron chi connectivity index (χ4n) is 2.38. The molecule has 5 heteroatoms. The third kappa shape index (κ3) is 4.16. The Morgan fingerprint density at radius 2 is 2.00 bits per heavy atom. The van der Waals surface area contributed by atoms with Crippen LogP contribution in [-0.4, -0.2) is 49.2 Å². The summed E-state index contributed by atoms with van der Waals surface area (Å²) in [5, 5.41) is 0. The number of nitrogens with two attached hydrogens (primary N) is 1. The van der Waals surface area contributed by atoms with Crippen molar-refractivity contribution < 1.29 is 0 Å². The van der Waals surface area contributed by atoms with Crippen LogP contribution < -0.4 is 10.6 Å². The van der Waals surface area contributed by atoms with Gasteiger partial charge in [0.2, 0.25) is 0 Å². The molecule has 0 unspecified atom stereocenters. The first-order valence-corrected chi connectivity index (χ1v) is 7.79. The van der Waals surface area contributed by atoms with Crippen molar-refractivity contribution in [1.82, 2.24) is 9.88 Å². The Bertz CT molecular complexity index is 402. The first-order chi connectivity index (χ1) is 9.20. The molecule has 0 bridgehead atoms. The minimum atomic E-state index is 0.808. The lowest BCUT2D eigenvalue weighted by Crippen LogP contribution is -2.47. The maximum absolute atomic E-state index is 5.53. The molecule has 1 aliphatic rings. The van der Waals surface area contributed by atoms with Gasteiger partial charge < -0.3 is 10.6 Å². The highest BCUT2D eigenvalue weighted by Gasteiger charge is 2.17. The average Bonchev–Trinajstić information content (AvgIpc) is 2.43. The molecule has 1 aromatic rings. The van der Waals surface area contributed by atoms with Crippen molar-refractivity contribution in [2.45, 2.75) is 19.8 Å². The average molecular weight is 327 g/mol. The zero-order valence-corrected chi connectivity index (χ0v) is 13.2. The van der Waals surface area contributed by atoms with Crippen molar-refractivity contribution in [1.29, 1.82) is 0 Å². The monoisotopic (exact) mass is 326 g/mol. The largest absolute Gasteiger partial charge is 0.354 e. The summed E-state index contributed by atoms with van der Waals surface area (Å²) in [6.45, 7) is 8.48. The van der Waals surface area contributed by atoms with Gasteiger partial charge >= 0.3 is 0 Å². The van der Waals surface area contributed by atoms with Crippen LogP contribution in [0.4, 0.5) is 5.82 Å². The molecule has 1 aromatic heterocycles. The minimum Gasteiger partial charge on any atom is -0.354 e. The molecule has 0 aromatic carbocycles. The molecule has 2 N–H and O–H groups in total. The van der Waals surface area contributed by atoms with Gasteiger partial charge in [-0.05, 0) is 60.4 Å². The van der Waals surface area contributed by atoms with Crippen LogP contribution in [0.15, 0.2) is 16.7 Å². The lowest BCUT2D eigenvalue weighted by atomic mass is 10.2. The van der Waals surface area contributed by atoms with E-state index >= 15 is 0 Å². The summed E-state index contributed by atoms with van der Waals surface area (Å²) < 4.78 is 1.08. The maximum atomic E-state index is 5.53. The summed E-state index contributed by atoms with van der Waals surface area (Å²) in [7, 11) is 0. The number of aromatic nitrogens is 1. The zero-order chi connectivity index (χ0) is 13.7. The third-order valence-electron chi connectivity index (χ3n) is 3.66. The van der Waals surface area contributed by atoms with Gasteiger partial charge in [0, 0.05) is 36.8 Å². The summed E-state index contributed by atoms with van der Waals surface area (Å²) in [4.78, 5) is 9.41. The summed E-state index contributed by atoms with van der Waals surface area (Å²) in [6, 6.07) is 2.16. The Kier molecular flexibility index (Phi) is 5.60. The number of aryl methyl sites for hydroxylation is 1. The Morgan fingerprint density at radius 1 is 1.26 bits per heavy atom. The number of nitrogens with zero attached hydrogens (tertiary/aromatic N) is 3. The summed E-state index contributed by atoms with van der Waals surface area (Å²) in [6.07, 6.45) is 4.25. The van der Waals surface area contributed by atoms with E-state index in [-0.39, 0.29) is 0 Å². The Balaban J connectivity index is 1.84. The molecule has 1 aliphatic heterocycles. The van der Waals surface area contributed by atoms with Crippen molar-refractivity contribution in [3.8, 4) is 0 Å². The number of pyridine rings is 1. The Hall–Kier alpha value is -0.650. The van der Waals surface area contributed by atoms with Gasteiger partial charge in [0.15, 0.2) is 0 Å². The van der Waals surface area contributed by atoms with Gasteiger partial charge in [-0.3, -0.25) is 4.90 Å². The van der Waals surface area contributed by atoms with Crippen LogP contribution in [-0.2, 0) is 0 Å². The van der Waals surface area contributed by atoms with Gasteiger partial charge in [-0.2, -0.15) is 0 Å². The van der Waals surface area contributed by atoms with Gasteiger partial charge in [0.05, 0.1) is 0 Å². The maximum Gasteiger partial charge on any atom is 0.128 e. The SMILES string of the molecule is Cc1cc(N2CCN(CCCCN)CC2)ncc1Br. The molecule has 1 saturated heterocycles. The quantitative estimate of drug-likeness (QED) is 0.841. The summed E-state index contributed by atoms with van der Waals surface area (Å²) in [5.74, 6) is 1.10. The highest BCUT2D eigenvalue weighted by atomic mass is 79.9. The number of unbranched alkanes of at least 4 members (excludes halogenated alkanes) is 1. The molecule has 106 valence electrons. The molecule has 2 rings (SSSR count). The lowest BCUT2D eigenvalue weighted by Gasteiger charge is -2.35. The van der Waals surface area contributed by atoms with E-state index in [1.54, 1.807) is 0 Å². The number of piperazine rings is 1. The second-order valence-corrected chi connectivity index (χ2v) is 5.97. The van der Waals surface area contributed by atoms with Crippen LogP contribution in [0.25, 0.3) is 0 Å². The van der Waals surface area contributed by atoms with Crippen molar-refractivity contribution in [2.24, 2.45) is 5.73 Å².